The molecule has 1 aromatic heterocycles. The van der Waals surface area contributed by atoms with E-state index in [2.05, 4.69) is 0 Å². The molecule has 0 saturated carbocycles. The molecule has 0 amide bonds. The third-order valence-electron chi connectivity index (χ3n) is 4.44. The maximum absolute atomic E-state index is 12.7. The second-order valence-electron chi connectivity index (χ2n) is 6.23. The molecule has 1 unspecified atom stereocenters. The molecule has 0 aliphatic carbocycles. The van der Waals surface area contributed by atoms with Gasteiger partial charge in [0.2, 0.25) is 11.8 Å². The lowest BCUT2D eigenvalue weighted by atomic mass is 10.0. The van der Waals surface area contributed by atoms with Crippen molar-refractivity contribution >= 4 is 17.4 Å². The molecule has 27 heavy (non-hydrogen) atoms. The van der Waals surface area contributed by atoms with E-state index in [-0.39, 0.29) is 28.8 Å². The zero-order valence-corrected chi connectivity index (χ0v) is 17.6. The second-order valence-corrected chi connectivity index (χ2v) is 6.66. The molecule has 0 aliphatic heterocycles. The van der Waals surface area contributed by atoms with E-state index in [9.17, 15) is 4.79 Å². The summed E-state index contributed by atoms with van der Waals surface area (Å²) >= 11 is 5.93. The maximum Gasteiger partial charge on any atom is 0.230 e. The van der Waals surface area contributed by atoms with E-state index in [1.54, 1.807) is 31.4 Å². The maximum atomic E-state index is 12.7. The first-order valence-corrected chi connectivity index (χ1v) is 8.87. The van der Waals surface area contributed by atoms with Crippen LogP contribution in [0.4, 0.5) is 0 Å². The molecule has 1 heterocycles. The minimum Gasteiger partial charge on any atom is -1.00 e. The number of pyridine rings is 1. The number of hydrogen-bond donors (Lipinski definition) is 0. The van der Waals surface area contributed by atoms with Gasteiger partial charge in [0.1, 0.15) is 5.75 Å². The molecule has 0 spiro atoms. The van der Waals surface area contributed by atoms with E-state index in [1.165, 1.54) is 11.1 Å². The highest BCUT2D eigenvalue weighted by Gasteiger charge is 2.23. The SMILES string of the molecule is COc1ccc(C(=O)C(C)[n+]2ccc(Cc3ccc(Cl)cc3)cc2)cc1.[Br-]. The van der Waals surface area contributed by atoms with E-state index in [0.717, 1.165) is 17.2 Å². The van der Waals surface area contributed by atoms with Gasteiger partial charge in [-0.25, -0.2) is 0 Å². The Bertz CT molecular complexity index is 878. The zero-order valence-electron chi connectivity index (χ0n) is 15.2. The first-order valence-electron chi connectivity index (χ1n) is 8.49. The molecule has 3 nitrogen and oxygen atoms in total. The van der Waals surface area contributed by atoms with Crippen LogP contribution < -0.4 is 26.3 Å². The molecule has 5 heteroatoms. The smallest absolute Gasteiger partial charge is 0.230 e. The lowest BCUT2D eigenvalue weighted by Gasteiger charge is -2.08. The van der Waals surface area contributed by atoms with Crippen LogP contribution in [0.2, 0.25) is 5.02 Å². The number of Topliss-reactive ketones (excluding diaryl/α,β-unsaturated/α-hetero) is 1. The van der Waals surface area contributed by atoms with Crippen LogP contribution in [-0.2, 0) is 6.42 Å². The average Bonchev–Trinajstić information content (AvgIpc) is 2.69. The molecule has 0 bridgehead atoms. The Morgan fingerprint density at radius 3 is 2.07 bits per heavy atom. The number of hydrogen-bond acceptors (Lipinski definition) is 2. The lowest BCUT2D eigenvalue weighted by molar-refractivity contribution is -0.704. The van der Waals surface area contributed by atoms with Crippen molar-refractivity contribution < 1.29 is 31.1 Å². The van der Waals surface area contributed by atoms with Crippen LogP contribution in [0, 0.1) is 0 Å². The topological polar surface area (TPSA) is 30.2 Å². The van der Waals surface area contributed by atoms with Gasteiger partial charge in [0.05, 0.1) is 7.11 Å². The minimum absolute atomic E-state index is 0. The normalized spacial score (nSPS) is 11.4. The minimum atomic E-state index is -0.270. The molecule has 0 N–H and O–H groups in total. The Labute approximate surface area is 175 Å². The van der Waals surface area contributed by atoms with Gasteiger partial charge in [-0.1, -0.05) is 23.7 Å². The monoisotopic (exact) mass is 445 g/mol. The van der Waals surface area contributed by atoms with Crippen molar-refractivity contribution in [2.45, 2.75) is 19.4 Å². The summed E-state index contributed by atoms with van der Waals surface area (Å²) in [6, 6.07) is 18.9. The van der Waals surface area contributed by atoms with Crippen LogP contribution in [0.25, 0.3) is 0 Å². The lowest BCUT2D eigenvalue weighted by Crippen LogP contribution is -3.00. The van der Waals surface area contributed by atoms with Crippen molar-refractivity contribution in [3.8, 4) is 5.75 Å². The highest BCUT2D eigenvalue weighted by Crippen LogP contribution is 2.16. The number of methoxy groups -OCH3 is 1. The number of aromatic nitrogens is 1. The zero-order chi connectivity index (χ0) is 18.5. The van der Waals surface area contributed by atoms with E-state index >= 15 is 0 Å². The van der Waals surface area contributed by atoms with E-state index in [0.29, 0.717) is 5.56 Å². The number of carbonyl (C=O) groups is 1. The number of ether oxygens (including phenoxy) is 1. The summed E-state index contributed by atoms with van der Waals surface area (Å²) in [5, 5.41) is 0.741. The Balaban J connectivity index is 0.00000261. The molecule has 2 aromatic carbocycles. The molecular weight excluding hydrogens is 426 g/mol. The highest BCUT2D eigenvalue weighted by atomic mass is 79.9. The van der Waals surface area contributed by atoms with Crippen molar-refractivity contribution in [2.75, 3.05) is 7.11 Å². The van der Waals surface area contributed by atoms with Crippen molar-refractivity contribution in [2.24, 2.45) is 0 Å². The average molecular weight is 447 g/mol. The summed E-state index contributed by atoms with van der Waals surface area (Å²) in [6.45, 7) is 1.91. The predicted octanol–water partition coefficient (Wildman–Crippen LogP) is 1.67. The Kier molecular flexibility index (Phi) is 7.57. The number of ketones is 1. The number of benzene rings is 2. The summed E-state index contributed by atoms with van der Waals surface area (Å²) in [7, 11) is 1.61. The summed E-state index contributed by atoms with van der Waals surface area (Å²) in [5.74, 6) is 0.816. The third kappa shape index (κ3) is 5.41. The van der Waals surface area contributed by atoms with Crippen LogP contribution in [-0.4, -0.2) is 12.9 Å². The Hall–Kier alpha value is -2.17. The molecule has 0 saturated heterocycles. The second kappa shape index (κ2) is 9.67. The molecule has 3 rings (SSSR count). The number of rotatable bonds is 6. The molecule has 0 radical (unpaired) electrons. The van der Waals surface area contributed by atoms with Crippen LogP contribution in [0.5, 0.6) is 5.75 Å². The van der Waals surface area contributed by atoms with Gasteiger partial charge in [0, 0.05) is 29.6 Å². The molecule has 0 aliphatic rings. The third-order valence-corrected chi connectivity index (χ3v) is 4.70. The molecule has 0 fully saturated rings. The van der Waals surface area contributed by atoms with Crippen LogP contribution >= 0.6 is 11.6 Å². The van der Waals surface area contributed by atoms with Gasteiger partial charge >= 0.3 is 0 Å². The van der Waals surface area contributed by atoms with Crippen molar-refractivity contribution in [3.05, 3.63) is 94.8 Å². The van der Waals surface area contributed by atoms with Crippen molar-refractivity contribution in [1.82, 2.24) is 0 Å². The largest absolute Gasteiger partial charge is 1.00 e. The molecular formula is C22H21BrClNO2. The van der Waals surface area contributed by atoms with Crippen molar-refractivity contribution in [1.29, 1.82) is 0 Å². The fraction of sp³-hybridized carbons (Fsp3) is 0.182. The van der Waals surface area contributed by atoms with E-state index < -0.39 is 0 Å². The van der Waals surface area contributed by atoms with Gasteiger partial charge in [0.25, 0.3) is 0 Å². The van der Waals surface area contributed by atoms with Crippen LogP contribution in [0.1, 0.15) is 34.5 Å². The standard InChI is InChI=1S/C22H21ClNO2.BrH/c1-16(22(25)19-5-9-21(26-2)10-6-19)24-13-11-18(12-14-24)15-17-3-7-20(23)8-4-17;/h3-14,16H,15H2,1-2H3;1H/q+1;/p-1. The predicted molar refractivity (Wildman–Crippen MR) is 103 cm³/mol. The fourth-order valence-electron chi connectivity index (χ4n) is 2.81. The van der Waals surface area contributed by atoms with E-state index in [1.807, 2.05) is 60.3 Å². The van der Waals surface area contributed by atoms with Gasteiger partial charge in [0.15, 0.2) is 12.4 Å². The van der Waals surface area contributed by atoms with E-state index in [4.69, 9.17) is 16.3 Å². The quantitative estimate of drug-likeness (QED) is 0.426. The van der Waals surface area contributed by atoms with Gasteiger partial charge in [-0.05, 0) is 53.9 Å². The van der Waals surface area contributed by atoms with Crippen LogP contribution in [0.15, 0.2) is 73.1 Å². The van der Waals surface area contributed by atoms with Gasteiger partial charge in [-0.15, -0.1) is 0 Å². The van der Waals surface area contributed by atoms with Crippen LogP contribution in [0.3, 0.4) is 0 Å². The summed E-state index contributed by atoms with van der Waals surface area (Å²) in [5.41, 5.74) is 3.07. The summed E-state index contributed by atoms with van der Waals surface area (Å²) < 4.78 is 7.07. The number of halogens is 2. The highest BCUT2D eigenvalue weighted by molar-refractivity contribution is 6.30. The molecule has 3 aromatic rings. The summed E-state index contributed by atoms with van der Waals surface area (Å²) in [6.07, 6.45) is 4.74. The molecule has 140 valence electrons. The van der Waals surface area contributed by atoms with Crippen molar-refractivity contribution in [3.63, 3.8) is 0 Å². The fourth-order valence-corrected chi connectivity index (χ4v) is 2.94. The number of nitrogens with zero attached hydrogens (tertiary/aromatic N) is 1. The van der Waals surface area contributed by atoms with Gasteiger partial charge in [-0.2, -0.15) is 4.57 Å². The number of carbonyl (C=O) groups excluding carboxylic acids is 1. The van der Waals surface area contributed by atoms with Gasteiger partial charge < -0.3 is 21.7 Å². The Morgan fingerprint density at radius 1 is 0.963 bits per heavy atom. The molecule has 1 atom stereocenters. The Morgan fingerprint density at radius 2 is 1.52 bits per heavy atom. The first-order chi connectivity index (χ1) is 12.6. The van der Waals surface area contributed by atoms with Gasteiger partial charge in [-0.3, -0.25) is 4.79 Å². The first kappa shape index (κ1) is 21.1. The summed E-state index contributed by atoms with van der Waals surface area (Å²) in [4.78, 5) is 12.7.